The highest BCUT2D eigenvalue weighted by Gasteiger charge is 2.38. The average molecular weight is 482 g/mol. The van der Waals surface area contributed by atoms with Crippen LogP contribution in [0.25, 0.3) is 10.9 Å². The lowest BCUT2D eigenvalue weighted by molar-refractivity contribution is 0.191. The van der Waals surface area contributed by atoms with Crippen molar-refractivity contribution < 1.29 is 9.47 Å². The van der Waals surface area contributed by atoms with Crippen LogP contribution in [0.15, 0.2) is 36.7 Å². The van der Waals surface area contributed by atoms with E-state index in [2.05, 4.69) is 20.6 Å². The number of ether oxygens (including phenoxy) is 2. The Morgan fingerprint density at radius 1 is 1.00 bits per heavy atom. The van der Waals surface area contributed by atoms with Crippen LogP contribution in [0.3, 0.4) is 0 Å². The average Bonchev–Trinajstić information content (AvgIpc) is 3.32. The number of nitrogens with zero attached hydrogens (tertiary/aromatic N) is 2. The van der Waals surface area contributed by atoms with Gasteiger partial charge in [0, 0.05) is 17.1 Å². The molecule has 0 unspecified atom stereocenters. The Morgan fingerprint density at radius 3 is 2.48 bits per heavy atom. The largest absolute Gasteiger partial charge is 0.493 e. The predicted molar refractivity (Wildman–Crippen MR) is 127 cm³/mol. The molecule has 1 aliphatic carbocycles. The van der Waals surface area contributed by atoms with Gasteiger partial charge in [-0.15, -0.1) is 12.4 Å². The molecule has 0 spiro atoms. The third kappa shape index (κ3) is 4.48. The Hall–Kier alpha value is -1.99. The van der Waals surface area contributed by atoms with Crippen LogP contribution in [-0.4, -0.2) is 36.3 Å². The molecule has 2 aliphatic rings. The van der Waals surface area contributed by atoms with Gasteiger partial charge in [0.15, 0.2) is 11.5 Å². The molecule has 9 heteroatoms. The number of aromatic nitrogens is 2. The third-order valence-corrected chi connectivity index (χ3v) is 6.75. The van der Waals surface area contributed by atoms with E-state index in [9.17, 15) is 0 Å². The summed E-state index contributed by atoms with van der Waals surface area (Å²) in [6.45, 7) is 2.19. The molecule has 1 aliphatic heterocycles. The van der Waals surface area contributed by atoms with E-state index >= 15 is 0 Å². The van der Waals surface area contributed by atoms with E-state index in [0.29, 0.717) is 33.4 Å². The second-order valence-corrected chi connectivity index (χ2v) is 8.70. The lowest BCUT2D eigenvalue weighted by atomic mass is 10.0. The van der Waals surface area contributed by atoms with Crippen LogP contribution in [-0.2, 0) is 0 Å². The summed E-state index contributed by atoms with van der Waals surface area (Å²) in [5.74, 6) is 3.48. The van der Waals surface area contributed by atoms with Crippen LogP contribution >= 0.6 is 35.6 Å². The van der Waals surface area contributed by atoms with Crippen LogP contribution in [0.4, 0.5) is 11.5 Å². The zero-order chi connectivity index (χ0) is 20.7. The second kappa shape index (κ2) is 9.25. The highest BCUT2D eigenvalue weighted by atomic mass is 35.5. The summed E-state index contributed by atoms with van der Waals surface area (Å²) in [6.07, 6.45) is 3.90. The van der Waals surface area contributed by atoms with Crippen molar-refractivity contribution in [1.29, 1.82) is 0 Å². The molecule has 5 rings (SSSR count). The summed E-state index contributed by atoms with van der Waals surface area (Å²) < 4.78 is 12.0. The van der Waals surface area contributed by atoms with E-state index in [1.807, 2.05) is 18.2 Å². The van der Waals surface area contributed by atoms with Gasteiger partial charge >= 0.3 is 0 Å². The lowest BCUT2D eigenvalue weighted by Crippen LogP contribution is -2.18. The Bertz CT molecular complexity index is 1090. The van der Waals surface area contributed by atoms with E-state index in [0.717, 1.165) is 48.3 Å². The van der Waals surface area contributed by atoms with Gasteiger partial charge in [-0.2, -0.15) is 0 Å². The van der Waals surface area contributed by atoms with Crippen LogP contribution in [0, 0.1) is 11.8 Å². The van der Waals surface area contributed by atoms with Crippen molar-refractivity contribution in [2.24, 2.45) is 11.8 Å². The van der Waals surface area contributed by atoms with Crippen molar-refractivity contribution in [3.8, 4) is 11.5 Å². The van der Waals surface area contributed by atoms with Gasteiger partial charge in [-0.05, 0) is 62.0 Å². The number of hydrogen-bond donors (Lipinski definition) is 2. The summed E-state index contributed by atoms with van der Waals surface area (Å²) in [5.41, 5.74) is 1.57. The van der Waals surface area contributed by atoms with Gasteiger partial charge in [0.2, 0.25) is 0 Å². The molecule has 31 heavy (non-hydrogen) atoms. The number of benzene rings is 2. The molecule has 0 bridgehead atoms. The lowest BCUT2D eigenvalue weighted by Gasteiger charge is -2.18. The maximum atomic E-state index is 6.36. The van der Waals surface area contributed by atoms with Gasteiger partial charge in [0.05, 0.1) is 28.8 Å². The van der Waals surface area contributed by atoms with Crippen molar-refractivity contribution in [2.75, 3.05) is 25.5 Å². The molecule has 2 aromatic carbocycles. The fourth-order valence-corrected chi connectivity index (χ4v) is 4.81. The van der Waals surface area contributed by atoms with Crippen molar-refractivity contribution in [1.82, 2.24) is 15.3 Å². The SMILES string of the molecule is COc1cc2c(Nc3ccc(Cl)c(Cl)c3)ncnc2cc1O[C@H]1C[C@H]2CNC[C@H]2C1.Cl. The standard InChI is InChI=1S/C22H22Cl2N4O2.ClH/c1-29-20-7-16-19(8-21(20)30-15-4-12-9-25-10-13(12)5-15)26-11-27-22(16)28-14-2-3-17(23)18(24)6-14;/h2-3,6-8,11-13,15,25H,4-5,9-10H2,1H3,(H,26,27,28);1H/t12-,13+,15-;. The Balaban J connectivity index is 0.00000231. The maximum absolute atomic E-state index is 6.36. The first-order chi connectivity index (χ1) is 14.6. The Labute approximate surface area is 197 Å². The first kappa shape index (κ1) is 22.2. The zero-order valence-electron chi connectivity index (χ0n) is 16.9. The summed E-state index contributed by atoms with van der Waals surface area (Å²) in [4.78, 5) is 8.84. The molecule has 1 saturated carbocycles. The zero-order valence-corrected chi connectivity index (χ0v) is 19.2. The second-order valence-electron chi connectivity index (χ2n) is 7.89. The van der Waals surface area contributed by atoms with Gasteiger partial charge in [-0.3, -0.25) is 0 Å². The fraction of sp³-hybridized carbons (Fsp3) is 0.364. The van der Waals surface area contributed by atoms with Gasteiger partial charge in [0.25, 0.3) is 0 Å². The summed E-state index contributed by atoms with van der Waals surface area (Å²) >= 11 is 12.2. The molecule has 1 saturated heterocycles. The molecule has 2 heterocycles. The molecule has 164 valence electrons. The van der Waals surface area contributed by atoms with E-state index in [1.165, 1.54) is 6.33 Å². The molecule has 3 aromatic rings. The molecule has 2 N–H and O–H groups in total. The van der Waals surface area contributed by atoms with Gasteiger partial charge < -0.3 is 20.1 Å². The molecular weight excluding hydrogens is 459 g/mol. The number of methoxy groups -OCH3 is 1. The number of fused-ring (bicyclic) bond motifs is 2. The molecular formula is C22H23Cl3N4O2. The van der Waals surface area contributed by atoms with Gasteiger partial charge in [0.1, 0.15) is 12.1 Å². The topological polar surface area (TPSA) is 68.3 Å². The number of rotatable bonds is 5. The number of hydrogen-bond acceptors (Lipinski definition) is 6. The highest BCUT2D eigenvalue weighted by molar-refractivity contribution is 6.42. The Morgan fingerprint density at radius 2 is 1.77 bits per heavy atom. The molecule has 0 amide bonds. The van der Waals surface area contributed by atoms with E-state index in [1.54, 1.807) is 19.2 Å². The fourth-order valence-electron chi connectivity index (χ4n) is 4.51. The first-order valence-corrected chi connectivity index (χ1v) is 10.8. The Kier molecular flexibility index (Phi) is 6.63. The quantitative estimate of drug-likeness (QED) is 0.502. The van der Waals surface area contributed by atoms with Crippen LogP contribution in [0.2, 0.25) is 10.0 Å². The predicted octanol–water partition coefficient (Wildman–Crippen LogP) is 5.49. The van der Waals surface area contributed by atoms with Crippen molar-refractivity contribution in [3.05, 3.63) is 46.7 Å². The minimum Gasteiger partial charge on any atom is -0.493 e. The number of halogens is 3. The molecule has 2 fully saturated rings. The van der Waals surface area contributed by atoms with Crippen molar-refractivity contribution in [3.63, 3.8) is 0 Å². The van der Waals surface area contributed by atoms with E-state index < -0.39 is 0 Å². The van der Waals surface area contributed by atoms with E-state index in [4.69, 9.17) is 32.7 Å². The van der Waals surface area contributed by atoms with Crippen LogP contribution in [0.1, 0.15) is 12.8 Å². The van der Waals surface area contributed by atoms with Crippen molar-refractivity contribution in [2.45, 2.75) is 18.9 Å². The molecule has 1 aromatic heterocycles. The summed E-state index contributed by atoms with van der Waals surface area (Å²) in [6, 6.07) is 9.21. The van der Waals surface area contributed by atoms with Gasteiger partial charge in [-0.1, -0.05) is 23.2 Å². The van der Waals surface area contributed by atoms with Crippen LogP contribution in [0.5, 0.6) is 11.5 Å². The monoisotopic (exact) mass is 480 g/mol. The number of anilines is 2. The first-order valence-electron chi connectivity index (χ1n) is 10.0. The molecule has 6 nitrogen and oxygen atoms in total. The van der Waals surface area contributed by atoms with E-state index in [-0.39, 0.29) is 18.5 Å². The maximum Gasteiger partial charge on any atom is 0.163 e. The third-order valence-electron chi connectivity index (χ3n) is 6.01. The van der Waals surface area contributed by atoms with Gasteiger partial charge in [-0.25, -0.2) is 9.97 Å². The molecule has 3 atom stereocenters. The summed E-state index contributed by atoms with van der Waals surface area (Å²) in [5, 5.41) is 8.57. The van der Waals surface area contributed by atoms with Crippen LogP contribution < -0.4 is 20.1 Å². The minimum atomic E-state index is 0. The smallest absolute Gasteiger partial charge is 0.163 e. The highest BCUT2D eigenvalue weighted by Crippen LogP contribution is 2.40. The normalized spacial score (nSPS) is 22.1. The summed E-state index contributed by atoms with van der Waals surface area (Å²) in [7, 11) is 1.65. The van der Waals surface area contributed by atoms with Crippen molar-refractivity contribution >= 4 is 58.0 Å². The molecule has 0 radical (unpaired) electrons. The number of nitrogens with one attached hydrogen (secondary N) is 2. The minimum absolute atomic E-state index is 0.